The van der Waals surface area contributed by atoms with E-state index in [0.717, 1.165) is 12.8 Å². The average molecular weight is 163 g/mol. The van der Waals surface area contributed by atoms with Crippen molar-refractivity contribution in [2.75, 3.05) is 0 Å². The zero-order chi connectivity index (χ0) is 9.41. The monoisotopic (exact) mass is 163 g/mol. The first-order valence-corrected chi connectivity index (χ1v) is 4.50. The molecule has 1 aliphatic rings. The molecule has 0 aliphatic heterocycles. The van der Waals surface area contributed by atoms with Crippen LogP contribution in [0.2, 0.25) is 0 Å². The molecule has 0 amide bonds. The molecule has 12 heavy (non-hydrogen) atoms. The molecular weight excluding hydrogens is 146 g/mol. The van der Waals surface area contributed by atoms with Crippen LogP contribution in [0.1, 0.15) is 40.5 Å². The van der Waals surface area contributed by atoms with Gasteiger partial charge in [-0.2, -0.15) is 5.26 Å². The maximum atomic E-state index is 9.11. The molecule has 0 aromatic heterocycles. The molecule has 0 unspecified atom stereocenters. The summed E-state index contributed by atoms with van der Waals surface area (Å²) in [5, 5.41) is 9.11. The van der Waals surface area contributed by atoms with E-state index in [1.54, 1.807) is 0 Å². The van der Waals surface area contributed by atoms with Crippen molar-refractivity contribution in [3.63, 3.8) is 0 Å². The van der Waals surface area contributed by atoms with Crippen molar-refractivity contribution < 1.29 is 0 Å². The van der Waals surface area contributed by atoms with Gasteiger partial charge in [0.25, 0.3) is 0 Å². The zero-order valence-corrected chi connectivity index (χ0v) is 8.44. The highest BCUT2D eigenvalue weighted by molar-refractivity contribution is 5.28. The molecule has 0 spiro atoms. The molecule has 0 N–H and O–H groups in total. The first-order valence-electron chi connectivity index (χ1n) is 4.50. The van der Waals surface area contributed by atoms with Crippen molar-refractivity contribution in [2.45, 2.75) is 40.5 Å². The molecule has 66 valence electrons. The first kappa shape index (κ1) is 9.32. The van der Waals surface area contributed by atoms with Crippen molar-refractivity contribution in [1.29, 1.82) is 5.26 Å². The molecule has 0 aromatic carbocycles. The summed E-state index contributed by atoms with van der Waals surface area (Å²) in [5.41, 5.74) is 1.47. The van der Waals surface area contributed by atoms with Crippen LogP contribution in [0.15, 0.2) is 11.6 Å². The Balaban J connectivity index is 2.81. The summed E-state index contributed by atoms with van der Waals surface area (Å²) in [7, 11) is 0. The smallest absolute Gasteiger partial charge is 0.0702 e. The Kier molecular flexibility index (Phi) is 2.04. The Morgan fingerprint density at radius 2 is 1.92 bits per heavy atom. The molecule has 1 fully saturated rings. The minimum atomic E-state index is -0.0884. The van der Waals surface area contributed by atoms with Gasteiger partial charge in [0.15, 0.2) is 0 Å². The van der Waals surface area contributed by atoms with Gasteiger partial charge in [-0.15, -0.1) is 0 Å². The highest BCUT2D eigenvalue weighted by atomic mass is 14.5. The molecule has 0 heterocycles. The molecule has 1 heteroatoms. The number of hydrogen-bond donors (Lipinski definition) is 0. The van der Waals surface area contributed by atoms with Crippen LogP contribution < -0.4 is 0 Å². The van der Waals surface area contributed by atoms with E-state index in [4.69, 9.17) is 5.26 Å². The van der Waals surface area contributed by atoms with Crippen LogP contribution in [0.3, 0.4) is 0 Å². The predicted octanol–water partition coefficient (Wildman–Crippen LogP) is 3.28. The number of hydrogen-bond acceptors (Lipinski definition) is 1. The van der Waals surface area contributed by atoms with E-state index < -0.39 is 0 Å². The van der Waals surface area contributed by atoms with Gasteiger partial charge in [-0.05, 0) is 25.2 Å². The predicted molar refractivity (Wildman–Crippen MR) is 50.5 cm³/mol. The number of allylic oxidation sites excluding steroid dienone is 2. The lowest BCUT2D eigenvalue weighted by Crippen LogP contribution is -2.41. The van der Waals surface area contributed by atoms with E-state index in [1.807, 2.05) is 0 Å². The third-order valence-corrected chi connectivity index (χ3v) is 3.12. The van der Waals surface area contributed by atoms with Crippen LogP contribution in [0.5, 0.6) is 0 Å². The van der Waals surface area contributed by atoms with Crippen molar-refractivity contribution >= 4 is 0 Å². The van der Waals surface area contributed by atoms with Crippen LogP contribution in [-0.4, -0.2) is 0 Å². The van der Waals surface area contributed by atoms with Crippen molar-refractivity contribution in [3.8, 4) is 6.07 Å². The van der Waals surface area contributed by atoms with Crippen molar-refractivity contribution in [3.05, 3.63) is 11.6 Å². The van der Waals surface area contributed by atoms with Gasteiger partial charge in [0, 0.05) is 0 Å². The van der Waals surface area contributed by atoms with Gasteiger partial charge in [0.2, 0.25) is 0 Å². The fourth-order valence-corrected chi connectivity index (χ4v) is 1.70. The summed E-state index contributed by atoms with van der Waals surface area (Å²) in [5.74, 6) is 0. The molecule has 0 bridgehead atoms. The van der Waals surface area contributed by atoms with Crippen LogP contribution >= 0.6 is 0 Å². The second-order valence-electron chi connectivity index (χ2n) is 4.74. The highest BCUT2D eigenvalue weighted by Gasteiger charge is 2.49. The largest absolute Gasteiger partial charge is 0.198 e. The molecule has 0 saturated heterocycles. The third-order valence-electron chi connectivity index (χ3n) is 3.12. The summed E-state index contributed by atoms with van der Waals surface area (Å²) < 4.78 is 0. The lowest BCUT2D eigenvalue weighted by Gasteiger charge is -2.47. The topological polar surface area (TPSA) is 23.8 Å². The Morgan fingerprint density at radius 1 is 1.42 bits per heavy atom. The maximum absolute atomic E-state index is 9.11. The summed E-state index contributed by atoms with van der Waals surface area (Å²) in [4.78, 5) is 0. The van der Waals surface area contributed by atoms with Crippen LogP contribution in [0.4, 0.5) is 0 Å². The quantitative estimate of drug-likeness (QED) is 0.503. The first-order chi connectivity index (χ1) is 5.45. The minimum absolute atomic E-state index is 0.0884. The fourth-order valence-electron chi connectivity index (χ4n) is 1.70. The van der Waals surface area contributed by atoms with E-state index in [0.29, 0.717) is 0 Å². The van der Waals surface area contributed by atoms with Crippen molar-refractivity contribution in [1.82, 2.24) is 0 Å². The highest BCUT2D eigenvalue weighted by Crippen LogP contribution is 2.55. The van der Waals surface area contributed by atoms with E-state index >= 15 is 0 Å². The molecule has 1 rings (SSSR count). The van der Waals surface area contributed by atoms with Crippen LogP contribution in [-0.2, 0) is 0 Å². The van der Waals surface area contributed by atoms with Gasteiger partial charge in [-0.25, -0.2) is 0 Å². The lowest BCUT2D eigenvalue weighted by atomic mass is 9.54. The Labute approximate surface area is 75.1 Å². The summed E-state index contributed by atoms with van der Waals surface area (Å²) in [6.45, 7) is 8.52. The Bertz CT molecular complexity index is 239. The molecule has 0 aromatic rings. The molecular formula is C11H17N. The van der Waals surface area contributed by atoms with E-state index in [1.165, 1.54) is 5.57 Å². The lowest BCUT2D eigenvalue weighted by molar-refractivity contribution is 0.105. The van der Waals surface area contributed by atoms with Crippen molar-refractivity contribution in [2.24, 2.45) is 10.8 Å². The summed E-state index contributed by atoms with van der Waals surface area (Å²) >= 11 is 0. The standard InChI is InChI=1S/C11H17N/c1-5-9-6-11(7-9,8-12)10(2,3)4/h5H,6-7H2,1-4H3. The maximum Gasteiger partial charge on any atom is 0.0702 e. The molecule has 0 atom stereocenters. The normalized spacial score (nSPS) is 29.1. The van der Waals surface area contributed by atoms with Crippen LogP contribution in [0.25, 0.3) is 0 Å². The van der Waals surface area contributed by atoms with Crippen LogP contribution in [0, 0.1) is 22.2 Å². The number of nitrogens with zero attached hydrogens (tertiary/aromatic N) is 1. The van der Waals surface area contributed by atoms with E-state index in [2.05, 4.69) is 39.8 Å². The second kappa shape index (κ2) is 2.62. The molecule has 1 nitrogen and oxygen atoms in total. The number of nitriles is 1. The molecule has 1 aliphatic carbocycles. The molecule has 0 radical (unpaired) electrons. The van der Waals surface area contributed by atoms with E-state index in [-0.39, 0.29) is 10.8 Å². The number of rotatable bonds is 0. The Hall–Kier alpha value is -0.770. The molecule has 1 saturated carbocycles. The zero-order valence-electron chi connectivity index (χ0n) is 8.44. The average Bonchev–Trinajstić information content (AvgIpc) is 1.84. The van der Waals surface area contributed by atoms with Gasteiger partial charge in [-0.3, -0.25) is 0 Å². The van der Waals surface area contributed by atoms with Gasteiger partial charge >= 0.3 is 0 Å². The summed E-state index contributed by atoms with van der Waals surface area (Å²) in [6, 6.07) is 2.48. The van der Waals surface area contributed by atoms with E-state index in [9.17, 15) is 0 Å². The van der Waals surface area contributed by atoms with Gasteiger partial charge in [0.05, 0.1) is 11.5 Å². The SMILES string of the molecule is CC=C1CC(C#N)(C(C)(C)C)C1. The van der Waals surface area contributed by atoms with Gasteiger partial charge in [0.1, 0.15) is 0 Å². The second-order valence-corrected chi connectivity index (χ2v) is 4.74. The van der Waals surface area contributed by atoms with Gasteiger partial charge < -0.3 is 0 Å². The fraction of sp³-hybridized carbons (Fsp3) is 0.727. The minimum Gasteiger partial charge on any atom is -0.198 e. The Morgan fingerprint density at radius 3 is 2.17 bits per heavy atom. The summed E-state index contributed by atoms with van der Waals surface area (Å²) in [6.07, 6.45) is 4.09. The van der Waals surface area contributed by atoms with Gasteiger partial charge in [-0.1, -0.05) is 32.4 Å². The third kappa shape index (κ3) is 1.16.